The van der Waals surface area contributed by atoms with Crippen LogP contribution in [-0.4, -0.2) is 40.8 Å². The molecule has 162 valence electrons. The van der Waals surface area contributed by atoms with E-state index in [2.05, 4.69) is 20.6 Å². The second-order valence-corrected chi connectivity index (χ2v) is 7.59. The van der Waals surface area contributed by atoms with Gasteiger partial charge in [-0.15, -0.1) is 0 Å². The Balaban J connectivity index is 1.60. The predicted molar refractivity (Wildman–Crippen MR) is 110 cm³/mol. The number of primary amides is 1. The second kappa shape index (κ2) is 8.17. The number of para-hydroxylation sites is 1. The fourth-order valence-corrected chi connectivity index (χ4v) is 3.89. The molecule has 3 amide bonds. The zero-order valence-corrected chi connectivity index (χ0v) is 16.5. The number of aromatic amines is 1. The van der Waals surface area contributed by atoms with Gasteiger partial charge in [-0.2, -0.15) is 4.98 Å². The van der Waals surface area contributed by atoms with Crippen molar-refractivity contribution in [1.29, 1.82) is 0 Å². The van der Waals surface area contributed by atoms with Gasteiger partial charge in [0.1, 0.15) is 11.6 Å². The molecule has 1 aromatic carbocycles. The number of hydrogen-bond donors (Lipinski definition) is 4. The third-order valence-electron chi connectivity index (χ3n) is 5.58. The molecule has 1 aromatic heterocycles. The number of amides is 3. The number of hydrogen-bond acceptors (Lipinski definition) is 6. The maximum absolute atomic E-state index is 13.9. The Morgan fingerprint density at radius 3 is 2.58 bits per heavy atom. The molecule has 11 heteroatoms. The van der Waals surface area contributed by atoms with Gasteiger partial charge in [-0.05, 0) is 25.0 Å². The van der Waals surface area contributed by atoms with Gasteiger partial charge in [0, 0.05) is 25.4 Å². The van der Waals surface area contributed by atoms with Crippen molar-refractivity contribution in [2.75, 3.05) is 28.6 Å². The van der Waals surface area contributed by atoms with Gasteiger partial charge in [0.15, 0.2) is 0 Å². The lowest BCUT2D eigenvalue weighted by atomic mass is 9.92. The molecule has 31 heavy (non-hydrogen) atoms. The van der Waals surface area contributed by atoms with Crippen LogP contribution in [0, 0.1) is 11.7 Å². The molecule has 4 rings (SSSR count). The number of fused-ring (bicyclic) bond motifs is 1. The molecule has 10 nitrogen and oxygen atoms in total. The largest absolute Gasteiger partial charge is 0.369 e. The Kier molecular flexibility index (Phi) is 5.40. The maximum Gasteiger partial charge on any atom is 0.258 e. The average molecular weight is 428 g/mol. The number of nitrogens with zero attached hydrogens (tertiary/aromatic N) is 2. The highest BCUT2D eigenvalue weighted by Crippen LogP contribution is 2.31. The smallest absolute Gasteiger partial charge is 0.258 e. The summed E-state index contributed by atoms with van der Waals surface area (Å²) in [5.41, 5.74) is 4.76. The first kappa shape index (κ1) is 20.5. The molecule has 0 bridgehead atoms. The lowest BCUT2D eigenvalue weighted by Gasteiger charge is -2.32. The third-order valence-corrected chi connectivity index (χ3v) is 5.58. The van der Waals surface area contributed by atoms with Crippen molar-refractivity contribution < 1.29 is 18.8 Å². The Bertz CT molecular complexity index is 1110. The zero-order valence-electron chi connectivity index (χ0n) is 16.5. The summed E-state index contributed by atoms with van der Waals surface area (Å²) >= 11 is 0. The van der Waals surface area contributed by atoms with E-state index >= 15 is 0 Å². The number of H-pyrrole nitrogens is 1. The van der Waals surface area contributed by atoms with E-state index in [0.717, 1.165) is 0 Å². The fourth-order valence-electron chi connectivity index (χ4n) is 3.89. The Morgan fingerprint density at radius 2 is 1.90 bits per heavy atom. The molecule has 0 aliphatic carbocycles. The van der Waals surface area contributed by atoms with E-state index < -0.39 is 29.1 Å². The van der Waals surface area contributed by atoms with Crippen LogP contribution >= 0.6 is 0 Å². The topological polar surface area (TPSA) is 150 Å². The van der Waals surface area contributed by atoms with Crippen molar-refractivity contribution >= 4 is 35.2 Å². The lowest BCUT2D eigenvalue weighted by molar-refractivity contribution is -0.123. The molecule has 0 spiro atoms. The summed E-state index contributed by atoms with van der Waals surface area (Å²) in [4.78, 5) is 58.0. The van der Waals surface area contributed by atoms with Crippen LogP contribution in [-0.2, 0) is 14.4 Å². The number of anilines is 3. The number of nitrogens with two attached hydrogens (primary N) is 1. The highest BCUT2D eigenvalue weighted by Gasteiger charge is 2.36. The molecule has 2 aliphatic heterocycles. The number of carbonyl (C=O) groups is 3. The molecular formula is C20H21FN6O4. The molecule has 1 fully saturated rings. The van der Waals surface area contributed by atoms with Crippen molar-refractivity contribution in [3.05, 3.63) is 46.0 Å². The first-order valence-electron chi connectivity index (χ1n) is 9.87. The molecule has 3 heterocycles. The highest BCUT2D eigenvalue weighted by atomic mass is 19.1. The third kappa shape index (κ3) is 4.11. The summed E-state index contributed by atoms with van der Waals surface area (Å²) in [6.45, 7) is 0.918. The first-order chi connectivity index (χ1) is 14.8. The van der Waals surface area contributed by atoms with Crippen LogP contribution in [0.3, 0.4) is 0 Å². The van der Waals surface area contributed by atoms with Crippen molar-refractivity contribution in [3.8, 4) is 0 Å². The Hall–Kier alpha value is -3.76. The number of piperidine rings is 1. The van der Waals surface area contributed by atoms with Gasteiger partial charge in [0.05, 0.1) is 17.2 Å². The molecular weight excluding hydrogens is 407 g/mol. The number of rotatable bonds is 4. The van der Waals surface area contributed by atoms with Gasteiger partial charge in [-0.3, -0.25) is 24.2 Å². The van der Waals surface area contributed by atoms with E-state index in [1.807, 2.05) is 0 Å². The van der Waals surface area contributed by atoms with Crippen LogP contribution in [0.5, 0.6) is 0 Å². The number of benzene rings is 1. The molecule has 2 aliphatic rings. The second-order valence-electron chi connectivity index (χ2n) is 7.59. The Labute approximate surface area is 176 Å². The molecule has 1 saturated heterocycles. The first-order valence-corrected chi connectivity index (χ1v) is 9.87. The summed E-state index contributed by atoms with van der Waals surface area (Å²) in [5.74, 6) is -3.24. The SMILES string of the molecule is NC(=O)C1CCN(c2nc3c(c(=O)[nH]2)[C@@H](C(=O)Nc2ccccc2F)CC(=O)N3)CC1. The minimum absolute atomic E-state index is 0.000656. The van der Waals surface area contributed by atoms with Crippen molar-refractivity contribution in [2.45, 2.75) is 25.2 Å². The zero-order chi connectivity index (χ0) is 22.1. The van der Waals surface area contributed by atoms with Crippen molar-refractivity contribution in [2.24, 2.45) is 11.7 Å². The van der Waals surface area contributed by atoms with Gasteiger partial charge < -0.3 is 21.3 Å². The number of carbonyl (C=O) groups excluding carboxylic acids is 3. The Morgan fingerprint density at radius 1 is 1.19 bits per heavy atom. The minimum atomic E-state index is -1.12. The minimum Gasteiger partial charge on any atom is -0.369 e. The van der Waals surface area contributed by atoms with E-state index in [-0.39, 0.29) is 41.3 Å². The summed E-state index contributed by atoms with van der Waals surface area (Å²) < 4.78 is 13.9. The predicted octanol–water partition coefficient (Wildman–Crippen LogP) is 0.675. The number of halogens is 1. The lowest BCUT2D eigenvalue weighted by Crippen LogP contribution is -2.41. The molecule has 2 aromatic rings. The highest BCUT2D eigenvalue weighted by molar-refractivity contribution is 6.04. The van der Waals surface area contributed by atoms with Crippen LogP contribution < -0.4 is 26.8 Å². The summed E-state index contributed by atoms with van der Waals surface area (Å²) in [6.07, 6.45) is 0.785. The summed E-state index contributed by atoms with van der Waals surface area (Å²) in [6, 6.07) is 5.62. The monoisotopic (exact) mass is 428 g/mol. The van der Waals surface area contributed by atoms with E-state index in [1.165, 1.54) is 18.2 Å². The van der Waals surface area contributed by atoms with E-state index in [4.69, 9.17) is 5.73 Å². The molecule has 5 N–H and O–H groups in total. The van der Waals surface area contributed by atoms with E-state index in [0.29, 0.717) is 25.9 Å². The maximum atomic E-state index is 13.9. The van der Waals surface area contributed by atoms with Gasteiger partial charge in [0.2, 0.25) is 23.7 Å². The van der Waals surface area contributed by atoms with E-state index in [9.17, 15) is 23.6 Å². The normalized spacial score (nSPS) is 18.8. The number of aromatic nitrogens is 2. The van der Waals surface area contributed by atoms with Crippen molar-refractivity contribution in [1.82, 2.24) is 9.97 Å². The van der Waals surface area contributed by atoms with Crippen LogP contribution in [0.1, 0.15) is 30.7 Å². The van der Waals surface area contributed by atoms with Gasteiger partial charge in [-0.25, -0.2) is 4.39 Å². The number of nitrogens with one attached hydrogen (secondary N) is 3. The molecule has 1 atom stereocenters. The molecule has 0 unspecified atom stereocenters. The van der Waals surface area contributed by atoms with E-state index in [1.54, 1.807) is 11.0 Å². The van der Waals surface area contributed by atoms with Crippen LogP contribution in [0.2, 0.25) is 0 Å². The van der Waals surface area contributed by atoms with Gasteiger partial charge in [0.25, 0.3) is 5.56 Å². The van der Waals surface area contributed by atoms with Gasteiger partial charge >= 0.3 is 0 Å². The molecule has 0 radical (unpaired) electrons. The van der Waals surface area contributed by atoms with Crippen LogP contribution in [0.25, 0.3) is 0 Å². The standard InChI is InChI=1S/C20H21FN6O4/c21-12-3-1-2-4-13(12)23-18(30)11-9-14(28)24-17-15(11)19(31)26-20(25-17)27-7-5-10(6-8-27)16(22)29/h1-4,10-11H,5-9H2,(H2,22,29)(H,23,30)(H2,24,25,26,28,31)/t11-/m0/s1. The van der Waals surface area contributed by atoms with Gasteiger partial charge in [-0.1, -0.05) is 12.1 Å². The quantitative estimate of drug-likeness (QED) is 0.562. The average Bonchev–Trinajstić information content (AvgIpc) is 2.74. The van der Waals surface area contributed by atoms with Crippen LogP contribution in [0.15, 0.2) is 29.1 Å². The summed E-state index contributed by atoms with van der Waals surface area (Å²) in [5, 5.41) is 4.98. The molecule has 0 saturated carbocycles. The van der Waals surface area contributed by atoms with Crippen LogP contribution in [0.4, 0.5) is 21.8 Å². The summed E-state index contributed by atoms with van der Waals surface area (Å²) in [7, 11) is 0. The van der Waals surface area contributed by atoms with Crippen molar-refractivity contribution in [3.63, 3.8) is 0 Å². The fraction of sp³-hybridized carbons (Fsp3) is 0.350.